The Hall–Kier alpha value is -2.94. The number of carboxylic acids is 1. The molecule has 2 atom stereocenters. The smallest absolute Gasteiger partial charge is 0.310 e. The largest absolute Gasteiger partial charge is 0.488 e. The van der Waals surface area contributed by atoms with E-state index in [4.69, 9.17) is 14.5 Å². The Morgan fingerprint density at radius 3 is 2.92 bits per heavy atom. The molecular weight excluding hydrogens is 498 g/mol. The van der Waals surface area contributed by atoms with Crippen molar-refractivity contribution in [1.82, 2.24) is 9.88 Å². The minimum Gasteiger partial charge on any atom is -0.488 e. The van der Waals surface area contributed by atoms with Crippen molar-refractivity contribution in [2.24, 2.45) is 11.3 Å². The molecule has 1 aliphatic carbocycles. The number of aromatic nitrogens is 1. The lowest BCUT2D eigenvalue weighted by Crippen LogP contribution is -2.50. The number of carbonyl (C=O) groups is 1. The molecule has 3 aromatic rings. The molecule has 0 amide bonds. The number of carboxylic acid groups (broad SMARTS) is 1. The second kappa shape index (κ2) is 9.36. The monoisotopic (exact) mass is 531 g/mol. The Kier molecular flexibility index (Phi) is 5.94. The second-order valence-electron chi connectivity index (χ2n) is 11.3. The van der Waals surface area contributed by atoms with Crippen LogP contribution in [-0.2, 0) is 29.1 Å². The van der Waals surface area contributed by atoms with Crippen LogP contribution >= 0.6 is 11.3 Å². The molecule has 7 nitrogen and oxygen atoms in total. The lowest BCUT2D eigenvalue weighted by Gasteiger charge is -2.40. The zero-order chi connectivity index (χ0) is 25.9. The van der Waals surface area contributed by atoms with Crippen LogP contribution < -0.4 is 9.64 Å². The van der Waals surface area contributed by atoms with E-state index in [1.807, 2.05) is 0 Å². The van der Waals surface area contributed by atoms with Crippen LogP contribution in [0, 0.1) is 18.3 Å². The van der Waals surface area contributed by atoms with Crippen LogP contribution in [0.15, 0.2) is 41.8 Å². The van der Waals surface area contributed by atoms with Gasteiger partial charge in [-0.3, -0.25) is 9.69 Å². The third-order valence-electron chi connectivity index (χ3n) is 9.01. The fraction of sp³-hybridized carbons (Fsp3) is 0.467. The van der Waals surface area contributed by atoms with Gasteiger partial charge < -0.3 is 19.5 Å². The predicted molar refractivity (Wildman–Crippen MR) is 147 cm³/mol. The summed E-state index contributed by atoms with van der Waals surface area (Å²) in [4.78, 5) is 21.4. The molecule has 198 valence electrons. The van der Waals surface area contributed by atoms with Crippen LogP contribution in [0.4, 0.5) is 5.13 Å². The Morgan fingerprint density at radius 2 is 2.13 bits per heavy atom. The molecule has 8 heteroatoms. The first-order chi connectivity index (χ1) is 18.5. The number of aryl methyl sites for hydroxylation is 1. The van der Waals surface area contributed by atoms with Gasteiger partial charge in [0.05, 0.1) is 30.4 Å². The maximum atomic E-state index is 11.7. The molecule has 0 radical (unpaired) electrons. The zero-order valence-corrected chi connectivity index (χ0v) is 22.5. The highest BCUT2D eigenvalue weighted by Crippen LogP contribution is 2.58. The van der Waals surface area contributed by atoms with Gasteiger partial charge >= 0.3 is 5.97 Å². The van der Waals surface area contributed by atoms with Gasteiger partial charge in [-0.2, -0.15) is 0 Å². The number of para-hydroxylation sites is 1. The molecule has 0 unspecified atom stereocenters. The summed E-state index contributed by atoms with van der Waals surface area (Å²) in [5.74, 6) is 0.489. The maximum Gasteiger partial charge on any atom is 0.310 e. The molecule has 2 aromatic carbocycles. The fourth-order valence-corrected chi connectivity index (χ4v) is 7.22. The molecular formula is C30H33N3O4S. The minimum atomic E-state index is -0.631. The third-order valence-corrected chi connectivity index (χ3v) is 9.91. The van der Waals surface area contributed by atoms with Gasteiger partial charge in [-0.25, -0.2) is 4.98 Å². The topological polar surface area (TPSA) is 75.1 Å². The Labute approximate surface area is 227 Å². The van der Waals surface area contributed by atoms with Crippen LogP contribution in [0.1, 0.15) is 35.1 Å². The lowest BCUT2D eigenvalue weighted by atomic mass is 9.96. The second-order valence-corrected chi connectivity index (χ2v) is 12.2. The van der Waals surface area contributed by atoms with Gasteiger partial charge in [0.1, 0.15) is 12.4 Å². The molecule has 1 N–H and O–H groups in total. The van der Waals surface area contributed by atoms with Crippen molar-refractivity contribution in [1.29, 1.82) is 0 Å². The van der Waals surface area contributed by atoms with Crippen LogP contribution in [0.3, 0.4) is 0 Å². The van der Waals surface area contributed by atoms with Crippen molar-refractivity contribution in [2.45, 2.75) is 45.4 Å². The summed E-state index contributed by atoms with van der Waals surface area (Å²) in [5, 5.41) is 12.7. The summed E-state index contributed by atoms with van der Waals surface area (Å²) in [5.41, 5.74) is 6.58. The van der Waals surface area contributed by atoms with Crippen molar-refractivity contribution in [2.75, 3.05) is 37.7 Å². The molecule has 1 aromatic heterocycles. The highest BCUT2D eigenvalue weighted by molar-refractivity contribution is 7.14. The number of aliphatic carboxylic acids is 1. The summed E-state index contributed by atoms with van der Waals surface area (Å²) >= 11 is 1.63. The fourth-order valence-electron chi connectivity index (χ4n) is 6.36. The lowest BCUT2D eigenvalue weighted by molar-refractivity contribution is -0.144. The normalized spacial score (nSPS) is 24.9. The molecule has 0 bridgehead atoms. The van der Waals surface area contributed by atoms with E-state index < -0.39 is 11.4 Å². The quantitative estimate of drug-likeness (QED) is 0.471. The molecule has 38 heavy (non-hydrogen) atoms. The maximum absolute atomic E-state index is 11.7. The number of thiazole rings is 1. The average molecular weight is 532 g/mol. The highest BCUT2D eigenvalue weighted by atomic mass is 32.1. The molecule has 0 spiro atoms. The van der Waals surface area contributed by atoms with Crippen LogP contribution in [0.25, 0.3) is 11.3 Å². The van der Waals surface area contributed by atoms with E-state index in [0.717, 1.165) is 79.9 Å². The van der Waals surface area contributed by atoms with Gasteiger partial charge in [0.25, 0.3) is 0 Å². The van der Waals surface area contributed by atoms with E-state index in [1.165, 1.54) is 16.7 Å². The third kappa shape index (κ3) is 4.19. The molecule has 4 aliphatic rings. The van der Waals surface area contributed by atoms with Crippen molar-refractivity contribution < 1.29 is 19.4 Å². The van der Waals surface area contributed by atoms with E-state index >= 15 is 0 Å². The summed E-state index contributed by atoms with van der Waals surface area (Å²) in [6.45, 7) is 7.96. The molecule has 2 saturated heterocycles. The minimum absolute atomic E-state index is 0.242. The van der Waals surface area contributed by atoms with Crippen molar-refractivity contribution in [3.8, 4) is 17.0 Å². The molecule has 7 rings (SSSR count). The molecule has 4 heterocycles. The Morgan fingerprint density at radius 1 is 1.24 bits per heavy atom. The molecule has 3 fully saturated rings. The highest BCUT2D eigenvalue weighted by Gasteiger charge is 2.62. The molecule has 1 saturated carbocycles. The number of anilines is 1. The van der Waals surface area contributed by atoms with Gasteiger partial charge in [-0.15, -0.1) is 11.3 Å². The van der Waals surface area contributed by atoms with Crippen LogP contribution in [-0.4, -0.2) is 59.8 Å². The van der Waals surface area contributed by atoms with E-state index in [-0.39, 0.29) is 5.92 Å². The van der Waals surface area contributed by atoms with Gasteiger partial charge in [-0.05, 0) is 60.4 Å². The Bertz CT molecular complexity index is 1390. The SMILES string of the molecule is Cc1cccc(-c2csc(N3CC[C@@]4(C(=O)O)C[C@H]4C3)n2)c1OCc1ccc2c(c1)CCN(C1COC1)C2. The summed E-state index contributed by atoms with van der Waals surface area (Å²) in [6, 6.07) is 13.6. The van der Waals surface area contributed by atoms with E-state index in [1.54, 1.807) is 11.3 Å². The van der Waals surface area contributed by atoms with E-state index in [0.29, 0.717) is 19.1 Å². The molecule has 3 aliphatic heterocycles. The van der Waals surface area contributed by atoms with Gasteiger partial charge in [0, 0.05) is 37.1 Å². The summed E-state index contributed by atoms with van der Waals surface area (Å²) in [6.07, 6.45) is 2.57. The number of ether oxygens (including phenoxy) is 2. The summed E-state index contributed by atoms with van der Waals surface area (Å²) in [7, 11) is 0. The number of benzene rings is 2. The first-order valence-corrected chi connectivity index (χ1v) is 14.5. The number of nitrogens with zero attached hydrogens (tertiary/aromatic N) is 3. The van der Waals surface area contributed by atoms with Gasteiger partial charge in [-0.1, -0.05) is 30.3 Å². The standard InChI is InChI=1S/C30H33N3O4S/c1-19-3-2-4-25(26-18-38-29(31-26)33-10-8-30(28(34)35)12-23(30)14-33)27(19)37-15-20-5-6-22-13-32(24-16-36-17-24)9-7-21(22)11-20/h2-6,11,18,23-24H,7-10,12-17H2,1H3,(H,34,35)/t23-,30+/m0/s1. The zero-order valence-electron chi connectivity index (χ0n) is 21.7. The van der Waals surface area contributed by atoms with Gasteiger partial charge in [0.2, 0.25) is 0 Å². The van der Waals surface area contributed by atoms with Crippen molar-refractivity contribution >= 4 is 22.4 Å². The predicted octanol–water partition coefficient (Wildman–Crippen LogP) is 4.76. The van der Waals surface area contributed by atoms with Gasteiger partial charge in [0.15, 0.2) is 5.13 Å². The van der Waals surface area contributed by atoms with Crippen LogP contribution in [0.2, 0.25) is 0 Å². The number of fused-ring (bicyclic) bond motifs is 2. The van der Waals surface area contributed by atoms with E-state index in [9.17, 15) is 9.90 Å². The first kappa shape index (κ1) is 24.1. The van der Waals surface area contributed by atoms with Crippen molar-refractivity contribution in [3.63, 3.8) is 0 Å². The first-order valence-electron chi connectivity index (χ1n) is 13.6. The number of rotatable bonds is 7. The Balaban J connectivity index is 1.05. The number of hydrogen-bond donors (Lipinski definition) is 1. The number of hydrogen-bond acceptors (Lipinski definition) is 7. The number of piperidine rings is 1. The van der Waals surface area contributed by atoms with Crippen molar-refractivity contribution in [3.05, 3.63) is 64.0 Å². The summed E-state index contributed by atoms with van der Waals surface area (Å²) < 4.78 is 11.8. The van der Waals surface area contributed by atoms with Crippen LogP contribution in [0.5, 0.6) is 5.75 Å². The average Bonchev–Trinajstić information content (AvgIpc) is 3.45. The van der Waals surface area contributed by atoms with E-state index in [2.05, 4.69) is 58.5 Å².